The third-order valence-electron chi connectivity index (χ3n) is 4.24. The molecule has 1 N–H and O–H groups in total. The molecule has 0 radical (unpaired) electrons. The number of amides is 1. The van der Waals surface area contributed by atoms with Gasteiger partial charge in [-0.2, -0.15) is 0 Å². The van der Waals surface area contributed by atoms with Crippen LogP contribution >= 0.6 is 0 Å². The molecule has 24 heavy (non-hydrogen) atoms. The van der Waals surface area contributed by atoms with E-state index in [1.54, 1.807) is 7.11 Å². The van der Waals surface area contributed by atoms with E-state index in [1.165, 1.54) is 0 Å². The first-order chi connectivity index (χ1) is 11.7. The van der Waals surface area contributed by atoms with E-state index in [-0.39, 0.29) is 11.9 Å². The molecule has 0 saturated heterocycles. The van der Waals surface area contributed by atoms with Crippen molar-refractivity contribution in [1.82, 2.24) is 5.32 Å². The second-order valence-electron chi connectivity index (χ2n) is 5.77. The monoisotopic (exact) mass is 319 g/mol. The summed E-state index contributed by atoms with van der Waals surface area (Å²) in [6, 6.07) is 21.6. The van der Waals surface area contributed by atoms with Gasteiger partial charge in [0.2, 0.25) is 0 Å². The summed E-state index contributed by atoms with van der Waals surface area (Å²) in [5, 5.41) is 5.33. The van der Waals surface area contributed by atoms with Gasteiger partial charge in [0.05, 0.1) is 13.2 Å². The highest BCUT2D eigenvalue weighted by molar-refractivity contribution is 5.98. The van der Waals surface area contributed by atoms with Crippen molar-refractivity contribution in [2.24, 2.45) is 0 Å². The molecule has 0 aromatic heterocycles. The van der Waals surface area contributed by atoms with E-state index in [0.717, 1.165) is 28.5 Å². The second-order valence-corrected chi connectivity index (χ2v) is 5.77. The van der Waals surface area contributed by atoms with Crippen LogP contribution in [0.2, 0.25) is 0 Å². The molecule has 0 fully saturated rings. The van der Waals surface area contributed by atoms with Crippen molar-refractivity contribution < 1.29 is 9.53 Å². The highest BCUT2D eigenvalue weighted by Gasteiger charge is 2.14. The van der Waals surface area contributed by atoms with Gasteiger partial charge < -0.3 is 10.1 Å². The van der Waals surface area contributed by atoms with Crippen molar-refractivity contribution >= 4 is 16.7 Å². The van der Waals surface area contributed by atoms with Gasteiger partial charge in [-0.1, -0.05) is 49.4 Å². The van der Waals surface area contributed by atoms with Gasteiger partial charge >= 0.3 is 0 Å². The molecule has 0 aliphatic heterocycles. The fourth-order valence-corrected chi connectivity index (χ4v) is 2.83. The Morgan fingerprint density at radius 1 is 1.00 bits per heavy atom. The molecule has 0 spiro atoms. The van der Waals surface area contributed by atoms with Gasteiger partial charge in [-0.3, -0.25) is 4.79 Å². The minimum atomic E-state index is -0.0524. The molecule has 3 nitrogen and oxygen atoms in total. The maximum atomic E-state index is 12.6. The van der Waals surface area contributed by atoms with Crippen LogP contribution in [0.3, 0.4) is 0 Å². The maximum absolute atomic E-state index is 12.6. The van der Waals surface area contributed by atoms with Crippen LogP contribution in [0.1, 0.15) is 35.3 Å². The topological polar surface area (TPSA) is 38.3 Å². The van der Waals surface area contributed by atoms with E-state index < -0.39 is 0 Å². The van der Waals surface area contributed by atoms with Crippen LogP contribution in [0.15, 0.2) is 66.7 Å². The van der Waals surface area contributed by atoms with Gasteiger partial charge in [0.25, 0.3) is 5.91 Å². The first-order valence-corrected chi connectivity index (χ1v) is 8.15. The van der Waals surface area contributed by atoms with Crippen molar-refractivity contribution in [1.29, 1.82) is 0 Å². The first-order valence-electron chi connectivity index (χ1n) is 8.15. The molecule has 0 saturated carbocycles. The molecule has 3 aromatic carbocycles. The Hall–Kier alpha value is -2.81. The summed E-state index contributed by atoms with van der Waals surface area (Å²) in [5.74, 6) is 0.762. The molecule has 3 rings (SSSR count). The number of rotatable bonds is 5. The van der Waals surface area contributed by atoms with Crippen LogP contribution < -0.4 is 10.1 Å². The van der Waals surface area contributed by atoms with E-state index in [0.29, 0.717) is 5.56 Å². The number of carbonyl (C=O) groups is 1. The lowest BCUT2D eigenvalue weighted by molar-refractivity contribution is 0.0935. The maximum Gasteiger partial charge on any atom is 0.251 e. The molecular formula is C21H21NO2. The number of hydrogen-bond donors (Lipinski definition) is 1. The lowest BCUT2D eigenvalue weighted by atomic mass is 10.0. The van der Waals surface area contributed by atoms with E-state index in [1.807, 2.05) is 66.7 Å². The quantitative estimate of drug-likeness (QED) is 0.738. The molecular weight excluding hydrogens is 298 g/mol. The zero-order valence-electron chi connectivity index (χ0n) is 14.0. The number of methoxy groups -OCH3 is 1. The predicted molar refractivity (Wildman–Crippen MR) is 97.4 cm³/mol. The number of benzene rings is 3. The summed E-state index contributed by atoms with van der Waals surface area (Å²) in [6.45, 7) is 2.07. The van der Waals surface area contributed by atoms with Gasteiger partial charge in [-0.25, -0.2) is 0 Å². The normalized spacial score (nSPS) is 11.9. The van der Waals surface area contributed by atoms with Crippen LogP contribution in [-0.4, -0.2) is 13.0 Å². The number of hydrogen-bond acceptors (Lipinski definition) is 2. The van der Waals surface area contributed by atoms with E-state index in [2.05, 4.69) is 12.2 Å². The largest absolute Gasteiger partial charge is 0.497 e. The van der Waals surface area contributed by atoms with Crippen LogP contribution in [0.25, 0.3) is 10.8 Å². The summed E-state index contributed by atoms with van der Waals surface area (Å²) in [4.78, 5) is 12.6. The fourth-order valence-electron chi connectivity index (χ4n) is 2.83. The highest BCUT2D eigenvalue weighted by atomic mass is 16.5. The second kappa shape index (κ2) is 7.18. The lowest BCUT2D eigenvalue weighted by Crippen LogP contribution is -2.28. The summed E-state index contributed by atoms with van der Waals surface area (Å²) in [5.41, 5.74) is 1.76. The Kier molecular flexibility index (Phi) is 4.80. The molecule has 0 heterocycles. The summed E-state index contributed by atoms with van der Waals surface area (Å²) in [6.07, 6.45) is 0.825. The standard InChI is InChI=1S/C21H21NO2/c1-3-20(16-10-12-19(24-2)13-11-16)22-21(23)18-9-8-15-6-4-5-7-17(15)14-18/h4-14,20H,3H2,1-2H3,(H,22,23)/t20-/m0/s1. The van der Waals surface area contributed by atoms with Crippen molar-refractivity contribution in [2.75, 3.05) is 7.11 Å². The van der Waals surface area contributed by atoms with Crippen molar-refractivity contribution in [3.05, 3.63) is 77.9 Å². The molecule has 3 heteroatoms. The molecule has 122 valence electrons. The zero-order valence-corrected chi connectivity index (χ0v) is 14.0. The molecule has 3 aromatic rings. The minimum absolute atomic E-state index is 0.0186. The van der Waals surface area contributed by atoms with Crippen LogP contribution in [-0.2, 0) is 0 Å². The SMILES string of the molecule is CC[C@H](NC(=O)c1ccc2ccccc2c1)c1ccc(OC)cc1. The van der Waals surface area contributed by atoms with Crippen LogP contribution in [0, 0.1) is 0 Å². The smallest absolute Gasteiger partial charge is 0.251 e. The average Bonchev–Trinajstić information content (AvgIpc) is 2.65. The predicted octanol–water partition coefficient (Wildman–Crippen LogP) is 4.73. The Labute approximate surface area is 142 Å². The van der Waals surface area contributed by atoms with Crippen LogP contribution in [0.5, 0.6) is 5.75 Å². The van der Waals surface area contributed by atoms with Crippen LogP contribution in [0.4, 0.5) is 0 Å². The van der Waals surface area contributed by atoms with Gasteiger partial charge in [-0.05, 0) is 47.0 Å². The minimum Gasteiger partial charge on any atom is -0.497 e. The molecule has 0 aliphatic carbocycles. The highest BCUT2D eigenvalue weighted by Crippen LogP contribution is 2.21. The molecule has 0 bridgehead atoms. The third kappa shape index (κ3) is 3.40. The Morgan fingerprint density at radius 2 is 1.71 bits per heavy atom. The van der Waals surface area contributed by atoms with E-state index >= 15 is 0 Å². The number of ether oxygens (including phenoxy) is 1. The van der Waals surface area contributed by atoms with Gasteiger partial charge in [0, 0.05) is 5.56 Å². The Bertz CT molecular complexity index is 840. The number of fused-ring (bicyclic) bond motifs is 1. The number of carbonyl (C=O) groups excluding carboxylic acids is 1. The summed E-state index contributed by atoms with van der Waals surface area (Å²) in [7, 11) is 1.65. The van der Waals surface area contributed by atoms with Gasteiger partial charge in [0.1, 0.15) is 5.75 Å². The Balaban J connectivity index is 1.79. The molecule has 1 amide bonds. The zero-order chi connectivity index (χ0) is 16.9. The summed E-state index contributed by atoms with van der Waals surface area (Å²) < 4.78 is 5.19. The third-order valence-corrected chi connectivity index (χ3v) is 4.24. The van der Waals surface area contributed by atoms with E-state index in [4.69, 9.17) is 4.74 Å². The molecule has 0 aliphatic rings. The average molecular weight is 319 g/mol. The lowest BCUT2D eigenvalue weighted by Gasteiger charge is -2.18. The number of nitrogens with one attached hydrogen (secondary N) is 1. The summed E-state index contributed by atoms with van der Waals surface area (Å²) >= 11 is 0. The first kappa shape index (κ1) is 16.1. The van der Waals surface area contributed by atoms with Gasteiger partial charge in [-0.15, -0.1) is 0 Å². The van der Waals surface area contributed by atoms with Crippen molar-refractivity contribution in [3.8, 4) is 5.75 Å². The van der Waals surface area contributed by atoms with Gasteiger partial charge in [0.15, 0.2) is 0 Å². The molecule has 1 atom stereocenters. The van der Waals surface area contributed by atoms with Crippen molar-refractivity contribution in [3.63, 3.8) is 0 Å². The van der Waals surface area contributed by atoms with E-state index in [9.17, 15) is 4.79 Å². The Morgan fingerprint density at radius 3 is 2.38 bits per heavy atom. The van der Waals surface area contributed by atoms with Crippen molar-refractivity contribution in [2.45, 2.75) is 19.4 Å². The fraction of sp³-hybridized carbons (Fsp3) is 0.190. The molecule has 0 unspecified atom stereocenters.